The van der Waals surface area contributed by atoms with Crippen LogP contribution in [0.3, 0.4) is 0 Å². The third-order valence-electron chi connectivity index (χ3n) is 5.20. The van der Waals surface area contributed by atoms with Crippen molar-refractivity contribution in [3.63, 3.8) is 0 Å². The number of para-hydroxylation sites is 2. The number of rotatable bonds is 11. The molecule has 3 aromatic rings. The Bertz CT molecular complexity index is 1110. The van der Waals surface area contributed by atoms with Crippen molar-refractivity contribution in [1.82, 2.24) is 0 Å². The lowest BCUT2D eigenvalue weighted by molar-refractivity contribution is -0.118. The maximum atomic E-state index is 12.7. The molecule has 0 fully saturated rings. The highest BCUT2D eigenvalue weighted by molar-refractivity contribution is 6.04. The molecule has 3 aromatic carbocycles. The number of ether oxygens (including phenoxy) is 3. The van der Waals surface area contributed by atoms with Gasteiger partial charge in [-0.05, 0) is 60.9 Å². The lowest BCUT2D eigenvalue weighted by Crippen LogP contribution is -2.20. The van der Waals surface area contributed by atoms with Gasteiger partial charge in [0.1, 0.15) is 5.75 Å². The van der Waals surface area contributed by atoms with Gasteiger partial charge in [-0.3, -0.25) is 9.59 Å². The molecule has 0 radical (unpaired) electrons. The Hall–Kier alpha value is -4.00. The van der Waals surface area contributed by atoms with Crippen molar-refractivity contribution in [1.29, 1.82) is 0 Å². The van der Waals surface area contributed by atoms with Gasteiger partial charge in [-0.15, -0.1) is 0 Å². The summed E-state index contributed by atoms with van der Waals surface area (Å²) < 4.78 is 16.2. The van der Waals surface area contributed by atoms with E-state index in [-0.39, 0.29) is 18.4 Å². The molecule has 0 atom stereocenters. The Morgan fingerprint density at radius 1 is 0.824 bits per heavy atom. The number of methoxy groups -OCH3 is 2. The lowest BCUT2D eigenvalue weighted by Gasteiger charge is -2.13. The van der Waals surface area contributed by atoms with Crippen LogP contribution in [-0.2, 0) is 11.2 Å². The average molecular weight is 463 g/mol. The summed E-state index contributed by atoms with van der Waals surface area (Å²) in [5.74, 6) is 0.650. The zero-order valence-corrected chi connectivity index (χ0v) is 19.7. The standard InChI is InChI=1S/C27H30N2O5/c1-4-5-8-19-11-14-21(15-12-19)28-27(31)20-13-16-24(25(17-20)33-3)34-18-26(30)29-22-9-6-7-10-23(22)32-2/h6-7,9-17H,4-5,8,18H2,1-3H3,(H,28,31)(H,29,30). The van der Waals surface area contributed by atoms with Gasteiger partial charge in [0, 0.05) is 11.3 Å². The molecule has 7 nitrogen and oxygen atoms in total. The number of carbonyl (C=O) groups is 2. The minimum Gasteiger partial charge on any atom is -0.495 e. The maximum absolute atomic E-state index is 12.7. The Kier molecular flexibility index (Phi) is 8.91. The quantitative estimate of drug-likeness (QED) is 0.403. The number of hydrogen-bond donors (Lipinski definition) is 2. The lowest BCUT2D eigenvalue weighted by atomic mass is 10.1. The van der Waals surface area contributed by atoms with E-state index in [0.29, 0.717) is 28.5 Å². The molecule has 7 heteroatoms. The van der Waals surface area contributed by atoms with E-state index < -0.39 is 0 Å². The molecule has 34 heavy (non-hydrogen) atoms. The second-order valence-electron chi connectivity index (χ2n) is 7.66. The summed E-state index contributed by atoms with van der Waals surface area (Å²) in [6.45, 7) is 1.93. The van der Waals surface area contributed by atoms with Crippen LogP contribution < -0.4 is 24.8 Å². The van der Waals surface area contributed by atoms with Gasteiger partial charge >= 0.3 is 0 Å². The van der Waals surface area contributed by atoms with Crippen LogP contribution in [0.1, 0.15) is 35.7 Å². The molecule has 0 unspecified atom stereocenters. The summed E-state index contributed by atoms with van der Waals surface area (Å²) in [5.41, 5.74) is 2.93. The largest absolute Gasteiger partial charge is 0.495 e. The summed E-state index contributed by atoms with van der Waals surface area (Å²) in [6, 6.07) is 19.8. The zero-order valence-electron chi connectivity index (χ0n) is 19.7. The molecule has 0 aliphatic heterocycles. The molecule has 0 aliphatic rings. The SMILES string of the molecule is CCCCc1ccc(NC(=O)c2ccc(OCC(=O)Nc3ccccc3OC)c(OC)c2)cc1. The van der Waals surface area contributed by atoms with Gasteiger partial charge in [-0.1, -0.05) is 37.6 Å². The van der Waals surface area contributed by atoms with Crippen molar-refractivity contribution in [3.05, 3.63) is 77.9 Å². The Balaban J connectivity index is 1.60. The molecule has 0 bridgehead atoms. The van der Waals surface area contributed by atoms with E-state index in [1.54, 1.807) is 36.4 Å². The molecule has 0 heterocycles. The van der Waals surface area contributed by atoms with Crippen molar-refractivity contribution in [2.45, 2.75) is 26.2 Å². The van der Waals surface area contributed by atoms with Crippen LogP contribution in [0.15, 0.2) is 66.7 Å². The number of carbonyl (C=O) groups excluding carboxylic acids is 2. The fraction of sp³-hybridized carbons (Fsp3) is 0.259. The molecule has 178 valence electrons. The second-order valence-corrected chi connectivity index (χ2v) is 7.66. The highest BCUT2D eigenvalue weighted by Crippen LogP contribution is 2.29. The highest BCUT2D eigenvalue weighted by atomic mass is 16.5. The number of nitrogens with one attached hydrogen (secondary N) is 2. The van der Waals surface area contributed by atoms with Crippen molar-refractivity contribution >= 4 is 23.2 Å². The van der Waals surface area contributed by atoms with Crippen LogP contribution in [0.2, 0.25) is 0 Å². The minimum absolute atomic E-state index is 0.232. The van der Waals surface area contributed by atoms with E-state index in [4.69, 9.17) is 14.2 Å². The van der Waals surface area contributed by atoms with Crippen molar-refractivity contribution in [3.8, 4) is 17.2 Å². The first-order chi connectivity index (χ1) is 16.5. The third-order valence-corrected chi connectivity index (χ3v) is 5.20. The molecule has 0 saturated carbocycles. The van der Waals surface area contributed by atoms with Gasteiger partial charge in [0.15, 0.2) is 18.1 Å². The number of aryl methyl sites for hydroxylation is 1. The topological polar surface area (TPSA) is 85.9 Å². The second kappa shape index (κ2) is 12.3. The fourth-order valence-electron chi connectivity index (χ4n) is 3.34. The van der Waals surface area contributed by atoms with Gasteiger partial charge in [0.25, 0.3) is 11.8 Å². The molecule has 2 amide bonds. The van der Waals surface area contributed by atoms with Crippen LogP contribution in [0.5, 0.6) is 17.2 Å². The molecule has 3 rings (SSSR count). The predicted molar refractivity (Wildman–Crippen MR) is 133 cm³/mol. The fourth-order valence-corrected chi connectivity index (χ4v) is 3.34. The molecular formula is C27H30N2O5. The zero-order chi connectivity index (χ0) is 24.3. The van der Waals surface area contributed by atoms with Gasteiger partial charge in [0.05, 0.1) is 19.9 Å². The number of anilines is 2. The van der Waals surface area contributed by atoms with E-state index in [0.717, 1.165) is 24.9 Å². The molecule has 0 saturated heterocycles. The Labute approximate surface area is 200 Å². The van der Waals surface area contributed by atoms with E-state index in [1.165, 1.54) is 19.8 Å². The monoisotopic (exact) mass is 462 g/mol. The van der Waals surface area contributed by atoms with Gasteiger partial charge in [0.2, 0.25) is 0 Å². The van der Waals surface area contributed by atoms with Crippen LogP contribution in [0.25, 0.3) is 0 Å². The molecule has 2 N–H and O–H groups in total. The maximum Gasteiger partial charge on any atom is 0.262 e. The van der Waals surface area contributed by atoms with E-state index in [2.05, 4.69) is 17.6 Å². The number of benzene rings is 3. The summed E-state index contributed by atoms with van der Waals surface area (Å²) in [6.07, 6.45) is 3.31. The van der Waals surface area contributed by atoms with Gasteiger partial charge in [-0.2, -0.15) is 0 Å². The average Bonchev–Trinajstić information content (AvgIpc) is 2.87. The first-order valence-electron chi connectivity index (χ1n) is 11.2. The summed E-state index contributed by atoms with van der Waals surface area (Å²) in [7, 11) is 3.01. The number of unbranched alkanes of at least 4 members (excludes halogenated alkanes) is 1. The van der Waals surface area contributed by atoms with Crippen LogP contribution in [0.4, 0.5) is 11.4 Å². The Morgan fingerprint density at radius 2 is 1.56 bits per heavy atom. The molecule has 0 spiro atoms. The number of amides is 2. The van der Waals surface area contributed by atoms with Crippen LogP contribution in [0, 0.1) is 0 Å². The highest BCUT2D eigenvalue weighted by Gasteiger charge is 2.14. The van der Waals surface area contributed by atoms with Crippen LogP contribution in [-0.4, -0.2) is 32.6 Å². The van der Waals surface area contributed by atoms with Crippen molar-refractivity contribution < 1.29 is 23.8 Å². The first kappa shape index (κ1) is 24.6. The van der Waals surface area contributed by atoms with Crippen molar-refractivity contribution in [2.75, 3.05) is 31.5 Å². The summed E-state index contributed by atoms with van der Waals surface area (Å²) in [4.78, 5) is 25.0. The van der Waals surface area contributed by atoms with E-state index in [1.807, 2.05) is 30.3 Å². The molecule has 0 aliphatic carbocycles. The van der Waals surface area contributed by atoms with E-state index >= 15 is 0 Å². The normalized spacial score (nSPS) is 10.3. The number of hydrogen-bond acceptors (Lipinski definition) is 5. The minimum atomic E-state index is -0.351. The summed E-state index contributed by atoms with van der Waals surface area (Å²) >= 11 is 0. The third kappa shape index (κ3) is 6.75. The smallest absolute Gasteiger partial charge is 0.262 e. The predicted octanol–water partition coefficient (Wildman–Crippen LogP) is 5.32. The Morgan fingerprint density at radius 3 is 2.26 bits per heavy atom. The summed E-state index contributed by atoms with van der Waals surface area (Å²) in [5, 5.41) is 5.64. The van der Waals surface area contributed by atoms with Gasteiger partial charge in [-0.25, -0.2) is 0 Å². The van der Waals surface area contributed by atoms with Crippen molar-refractivity contribution in [2.24, 2.45) is 0 Å². The molecule has 0 aromatic heterocycles. The first-order valence-corrected chi connectivity index (χ1v) is 11.2. The van der Waals surface area contributed by atoms with Gasteiger partial charge < -0.3 is 24.8 Å². The molecular weight excluding hydrogens is 432 g/mol. The van der Waals surface area contributed by atoms with Crippen LogP contribution >= 0.6 is 0 Å². The van der Waals surface area contributed by atoms with E-state index in [9.17, 15) is 9.59 Å².